The van der Waals surface area contributed by atoms with Crippen molar-refractivity contribution in [1.82, 2.24) is 20.4 Å². The Morgan fingerprint density at radius 2 is 2.10 bits per heavy atom. The van der Waals surface area contributed by atoms with Gasteiger partial charge in [0.2, 0.25) is 11.8 Å². The summed E-state index contributed by atoms with van der Waals surface area (Å²) in [6, 6.07) is 0.273. The first-order valence-corrected chi connectivity index (χ1v) is 7.50. The van der Waals surface area contributed by atoms with Gasteiger partial charge >= 0.3 is 0 Å². The molecule has 2 amide bonds. The van der Waals surface area contributed by atoms with Gasteiger partial charge in [-0.25, -0.2) is 0 Å². The molecule has 2 fully saturated rings. The molecule has 2 rings (SSSR count). The fraction of sp³-hybridized carbons (Fsp3) is 0.857. The van der Waals surface area contributed by atoms with Gasteiger partial charge in [-0.2, -0.15) is 0 Å². The van der Waals surface area contributed by atoms with E-state index in [0.29, 0.717) is 19.5 Å². The Hall–Kier alpha value is -1.14. The van der Waals surface area contributed by atoms with Crippen LogP contribution in [0.5, 0.6) is 0 Å². The van der Waals surface area contributed by atoms with Crippen LogP contribution in [0.25, 0.3) is 0 Å². The van der Waals surface area contributed by atoms with Crippen molar-refractivity contribution in [2.75, 3.05) is 46.8 Å². The van der Waals surface area contributed by atoms with Gasteiger partial charge in [0, 0.05) is 32.1 Å². The molecular formula is C14H26N4O2. The summed E-state index contributed by atoms with van der Waals surface area (Å²) in [7, 11) is 3.98. The molecule has 0 saturated carbocycles. The van der Waals surface area contributed by atoms with Crippen LogP contribution in [0.2, 0.25) is 0 Å². The summed E-state index contributed by atoms with van der Waals surface area (Å²) in [5.74, 6) is -0.00513. The van der Waals surface area contributed by atoms with Crippen LogP contribution in [0.15, 0.2) is 0 Å². The van der Waals surface area contributed by atoms with Crippen molar-refractivity contribution < 1.29 is 9.59 Å². The minimum Gasteiger partial charge on any atom is -0.353 e. The Bertz CT molecular complexity index is 353. The zero-order chi connectivity index (χ0) is 14.5. The standard InChI is InChI=1S/C14H26N4O2/c1-17(2)7-8-18-10-11(9-13(18)19)14(20)16-12-3-5-15-6-4-12/h11-12,15H,3-10H2,1-2H3,(H,16,20). The van der Waals surface area contributed by atoms with Crippen molar-refractivity contribution in [3.63, 3.8) is 0 Å². The number of piperidine rings is 1. The molecule has 2 aliphatic heterocycles. The Labute approximate surface area is 120 Å². The minimum atomic E-state index is -0.167. The van der Waals surface area contributed by atoms with E-state index in [9.17, 15) is 9.59 Å². The fourth-order valence-corrected chi connectivity index (χ4v) is 2.77. The third-order valence-electron chi connectivity index (χ3n) is 4.09. The van der Waals surface area contributed by atoms with Gasteiger partial charge in [-0.15, -0.1) is 0 Å². The lowest BCUT2D eigenvalue weighted by molar-refractivity contribution is -0.129. The number of carbonyl (C=O) groups excluding carboxylic acids is 2. The zero-order valence-corrected chi connectivity index (χ0v) is 12.5. The number of amides is 2. The molecule has 114 valence electrons. The predicted octanol–water partition coefficient (Wildman–Crippen LogP) is -0.735. The maximum absolute atomic E-state index is 12.2. The summed E-state index contributed by atoms with van der Waals surface area (Å²) in [5.41, 5.74) is 0. The highest BCUT2D eigenvalue weighted by Crippen LogP contribution is 2.18. The molecular weight excluding hydrogens is 256 g/mol. The molecule has 0 spiro atoms. The first kappa shape index (κ1) is 15.3. The lowest BCUT2D eigenvalue weighted by Gasteiger charge is -2.25. The molecule has 6 nitrogen and oxygen atoms in total. The van der Waals surface area contributed by atoms with Gasteiger partial charge in [-0.05, 0) is 40.0 Å². The number of carbonyl (C=O) groups is 2. The second-order valence-electron chi connectivity index (χ2n) is 6.08. The van der Waals surface area contributed by atoms with Gasteiger partial charge in [-0.3, -0.25) is 9.59 Å². The van der Waals surface area contributed by atoms with E-state index in [1.54, 1.807) is 0 Å². The van der Waals surface area contributed by atoms with Crippen LogP contribution in [0.4, 0.5) is 0 Å². The average molecular weight is 282 g/mol. The van der Waals surface area contributed by atoms with Crippen LogP contribution in [-0.2, 0) is 9.59 Å². The van der Waals surface area contributed by atoms with Crippen LogP contribution in [0, 0.1) is 5.92 Å². The molecule has 20 heavy (non-hydrogen) atoms. The van der Waals surface area contributed by atoms with Crippen LogP contribution >= 0.6 is 0 Å². The highest BCUT2D eigenvalue weighted by atomic mass is 16.2. The number of likely N-dealkylation sites (N-methyl/N-ethyl adjacent to an activating group) is 1. The van der Waals surface area contributed by atoms with Crippen molar-refractivity contribution in [3.05, 3.63) is 0 Å². The van der Waals surface area contributed by atoms with Crippen molar-refractivity contribution >= 4 is 11.8 Å². The first-order valence-electron chi connectivity index (χ1n) is 7.50. The molecule has 2 N–H and O–H groups in total. The summed E-state index contributed by atoms with van der Waals surface area (Å²) in [6.07, 6.45) is 2.33. The molecule has 0 aromatic carbocycles. The monoisotopic (exact) mass is 282 g/mol. The van der Waals surface area contributed by atoms with Crippen molar-refractivity contribution in [3.8, 4) is 0 Å². The quantitative estimate of drug-likeness (QED) is 0.697. The molecule has 0 bridgehead atoms. The average Bonchev–Trinajstić information content (AvgIpc) is 2.79. The van der Waals surface area contributed by atoms with Gasteiger partial charge in [0.05, 0.1) is 5.92 Å². The Kier molecular flexibility index (Phi) is 5.37. The normalized spacial score (nSPS) is 24.4. The van der Waals surface area contributed by atoms with Crippen LogP contribution in [-0.4, -0.2) is 74.5 Å². The highest BCUT2D eigenvalue weighted by Gasteiger charge is 2.34. The summed E-state index contributed by atoms with van der Waals surface area (Å²) >= 11 is 0. The molecule has 0 aliphatic carbocycles. The minimum absolute atomic E-state index is 0.0533. The third kappa shape index (κ3) is 4.18. The summed E-state index contributed by atoms with van der Waals surface area (Å²) < 4.78 is 0. The largest absolute Gasteiger partial charge is 0.353 e. The second-order valence-corrected chi connectivity index (χ2v) is 6.08. The smallest absolute Gasteiger partial charge is 0.225 e. The summed E-state index contributed by atoms with van der Waals surface area (Å²) in [6.45, 7) is 4.05. The van der Waals surface area contributed by atoms with E-state index in [1.807, 2.05) is 19.0 Å². The highest BCUT2D eigenvalue weighted by molar-refractivity contribution is 5.89. The second kappa shape index (κ2) is 7.04. The van der Waals surface area contributed by atoms with Crippen LogP contribution < -0.4 is 10.6 Å². The first-order chi connectivity index (χ1) is 9.56. The van der Waals surface area contributed by atoms with E-state index in [2.05, 4.69) is 15.5 Å². The Morgan fingerprint density at radius 1 is 1.40 bits per heavy atom. The number of nitrogens with zero attached hydrogens (tertiary/aromatic N) is 2. The maximum atomic E-state index is 12.2. The van der Waals surface area contributed by atoms with Gasteiger partial charge < -0.3 is 20.4 Å². The van der Waals surface area contributed by atoms with E-state index in [0.717, 1.165) is 32.5 Å². The van der Waals surface area contributed by atoms with Gasteiger partial charge in [0.25, 0.3) is 0 Å². The molecule has 1 unspecified atom stereocenters. The zero-order valence-electron chi connectivity index (χ0n) is 12.5. The van der Waals surface area contributed by atoms with Crippen LogP contribution in [0.1, 0.15) is 19.3 Å². The molecule has 2 aliphatic rings. The van der Waals surface area contributed by atoms with E-state index in [-0.39, 0.29) is 23.8 Å². The maximum Gasteiger partial charge on any atom is 0.225 e. The van der Waals surface area contributed by atoms with Crippen molar-refractivity contribution in [2.45, 2.75) is 25.3 Å². The van der Waals surface area contributed by atoms with E-state index < -0.39 is 0 Å². The molecule has 0 radical (unpaired) electrons. The van der Waals surface area contributed by atoms with Crippen LogP contribution in [0.3, 0.4) is 0 Å². The number of hydrogen-bond donors (Lipinski definition) is 2. The van der Waals surface area contributed by atoms with E-state index in [4.69, 9.17) is 0 Å². The molecule has 6 heteroatoms. The van der Waals surface area contributed by atoms with Crippen molar-refractivity contribution in [2.24, 2.45) is 5.92 Å². The molecule has 2 saturated heterocycles. The van der Waals surface area contributed by atoms with Gasteiger partial charge in [-0.1, -0.05) is 0 Å². The topological polar surface area (TPSA) is 64.7 Å². The predicted molar refractivity (Wildman–Crippen MR) is 77.3 cm³/mol. The molecule has 0 aromatic heterocycles. The SMILES string of the molecule is CN(C)CCN1CC(C(=O)NC2CCNCC2)CC1=O. The van der Waals surface area contributed by atoms with Gasteiger partial charge in [0.15, 0.2) is 0 Å². The number of nitrogens with one attached hydrogen (secondary N) is 2. The fourth-order valence-electron chi connectivity index (χ4n) is 2.77. The lowest BCUT2D eigenvalue weighted by atomic mass is 10.0. The Balaban J connectivity index is 1.78. The number of hydrogen-bond acceptors (Lipinski definition) is 4. The lowest BCUT2D eigenvalue weighted by Crippen LogP contribution is -2.45. The third-order valence-corrected chi connectivity index (χ3v) is 4.09. The number of likely N-dealkylation sites (tertiary alicyclic amines) is 1. The van der Waals surface area contributed by atoms with Gasteiger partial charge in [0.1, 0.15) is 0 Å². The summed E-state index contributed by atoms with van der Waals surface area (Å²) in [4.78, 5) is 28.0. The Morgan fingerprint density at radius 3 is 2.75 bits per heavy atom. The number of rotatable bonds is 5. The summed E-state index contributed by atoms with van der Waals surface area (Å²) in [5, 5.41) is 6.38. The molecule has 1 atom stereocenters. The molecule has 2 heterocycles. The van der Waals surface area contributed by atoms with Crippen molar-refractivity contribution in [1.29, 1.82) is 0 Å². The van der Waals surface area contributed by atoms with E-state index >= 15 is 0 Å². The van der Waals surface area contributed by atoms with E-state index in [1.165, 1.54) is 0 Å². The molecule has 0 aromatic rings.